The molecule has 2 heterocycles. The smallest absolute Gasteiger partial charge is 0.126 e. The van der Waals surface area contributed by atoms with E-state index in [-0.39, 0.29) is 0 Å². The van der Waals surface area contributed by atoms with Gasteiger partial charge in [0, 0.05) is 18.1 Å². The summed E-state index contributed by atoms with van der Waals surface area (Å²) in [5.74, 6) is -0.778. The van der Waals surface area contributed by atoms with Crippen molar-refractivity contribution in [2.45, 2.75) is 25.2 Å². The Morgan fingerprint density at radius 3 is 2.33 bits per heavy atom. The molecule has 1 fully saturated rings. The van der Waals surface area contributed by atoms with Gasteiger partial charge in [-0.1, -0.05) is 24.3 Å². The molecule has 0 atom stereocenters. The fraction of sp³-hybridized carbons (Fsp3) is 0.286. The molecule has 2 aromatic carbocycles. The molecule has 1 saturated heterocycles. The van der Waals surface area contributed by atoms with Crippen molar-refractivity contribution >= 4 is 0 Å². The first-order chi connectivity index (χ1) is 13.1. The number of aromatic nitrogens is 2. The van der Waals surface area contributed by atoms with Gasteiger partial charge in [0.2, 0.25) is 0 Å². The maximum absolute atomic E-state index is 13.4. The van der Waals surface area contributed by atoms with Gasteiger partial charge in [-0.3, -0.25) is 0 Å². The van der Waals surface area contributed by atoms with Crippen LogP contribution in [0.5, 0.6) is 0 Å². The number of piperidine rings is 1. The average molecular weight is 369 g/mol. The molecule has 3 aromatic rings. The summed E-state index contributed by atoms with van der Waals surface area (Å²) in [5.41, 5.74) is 4.26. The van der Waals surface area contributed by atoms with E-state index in [2.05, 4.69) is 10.4 Å². The minimum atomic E-state index is -0.589. The highest BCUT2D eigenvalue weighted by atomic mass is 19.1. The van der Waals surface area contributed by atoms with Crippen LogP contribution in [0.4, 0.5) is 8.78 Å². The molecule has 1 aliphatic heterocycles. The van der Waals surface area contributed by atoms with Crippen molar-refractivity contribution in [3.05, 3.63) is 77.1 Å². The molecule has 1 aliphatic rings. The predicted molar refractivity (Wildman–Crippen MR) is 98.9 cm³/mol. The Hall–Kier alpha value is -2.73. The van der Waals surface area contributed by atoms with Crippen molar-refractivity contribution in [1.82, 2.24) is 15.3 Å². The fourth-order valence-corrected chi connectivity index (χ4v) is 3.75. The Bertz CT molecular complexity index is 911. The number of benzene rings is 2. The van der Waals surface area contributed by atoms with E-state index in [4.69, 9.17) is 0 Å². The monoisotopic (exact) mass is 369 g/mol. The van der Waals surface area contributed by atoms with Crippen LogP contribution in [0.25, 0.3) is 11.1 Å². The first-order valence-electron chi connectivity index (χ1n) is 9.12. The van der Waals surface area contributed by atoms with Gasteiger partial charge in [-0.05, 0) is 60.7 Å². The Morgan fingerprint density at radius 2 is 1.67 bits per heavy atom. The van der Waals surface area contributed by atoms with Gasteiger partial charge in [0.1, 0.15) is 11.6 Å². The van der Waals surface area contributed by atoms with E-state index in [1.54, 1.807) is 6.20 Å². The maximum atomic E-state index is 13.4. The van der Waals surface area contributed by atoms with Crippen LogP contribution in [0.2, 0.25) is 0 Å². The SMILES string of the molecule is On1cc(C2CCNCC2)c(Cc2ccc(-c3cc(F)cc(F)c3)cc2)n1. The van der Waals surface area contributed by atoms with E-state index in [1.807, 2.05) is 24.3 Å². The summed E-state index contributed by atoms with van der Waals surface area (Å²) in [7, 11) is 0. The van der Waals surface area contributed by atoms with E-state index in [0.29, 0.717) is 17.9 Å². The summed E-state index contributed by atoms with van der Waals surface area (Å²) in [5, 5.41) is 17.4. The molecule has 0 aliphatic carbocycles. The molecule has 0 bridgehead atoms. The van der Waals surface area contributed by atoms with Crippen molar-refractivity contribution in [3.8, 4) is 11.1 Å². The van der Waals surface area contributed by atoms with Gasteiger partial charge >= 0.3 is 0 Å². The molecular formula is C21H21F2N3O. The molecular weight excluding hydrogens is 348 g/mol. The topological polar surface area (TPSA) is 50.1 Å². The third kappa shape index (κ3) is 4.01. The summed E-state index contributed by atoms with van der Waals surface area (Å²) in [4.78, 5) is 0.899. The van der Waals surface area contributed by atoms with Crippen LogP contribution in [-0.2, 0) is 6.42 Å². The number of rotatable bonds is 4. The molecule has 2 N–H and O–H groups in total. The molecule has 0 unspecified atom stereocenters. The number of halogens is 2. The van der Waals surface area contributed by atoms with Crippen LogP contribution < -0.4 is 5.32 Å². The highest BCUT2D eigenvalue weighted by Gasteiger charge is 2.21. The summed E-state index contributed by atoms with van der Waals surface area (Å²) in [6, 6.07) is 11.1. The summed E-state index contributed by atoms with van der Waals surface area (Å²) in [6.07, 6.45) is 4.37. The third-order valence-corrected chi connectivity index (χ3v) is 5.11. The second-order valence-corrected chi connectivity index (χ2v) is 7.01. The molecule has 27 heavy (non-hydrogen) atoms. The molecule has 0 spiro atoms. The largest absolute Gasteiger partial charge is 0.412 e. The van der Waals surface area contributed by atoms with Crippen LogP contribution in [0, 0.1) is 11.6 Å². The zero-order valence-corrected chi connectivity index (χ0v) is 14.8. The van der Waals surface area contributed by atoms with E-state index in [0.717, 1.165) is 59.2 Å². The van der Waals surface area contributed by atoms with Gasteiger partial charge in [0.15, 0.2) is 0 Å². The highest BCUT2D eigenvalue weighted by Crippen LogP contribution is 2.29. The normalized spacial score (nSPS) is 15.2. The van der Waals surface area contributed by atoms with Crippen LogP contribution in [-0.4, -0.2) is 28.2 Å². The number of hydrogen-bond donors (Lipinski definition) is 2. The molecule has 4 nitrogen and oxygen atoms in total. The van der Waals surface area contributed by atoms with Crippen molar-refractivity contribution < 1.29 is 14.0 Å². The van der Waals surface area contributed by atoms with Crippen molar-refractivity contribution in [2.24, 2.45) is 0 Å². The van der Waals surface area contributed by atoms with Crippen molar-refractivity contribution in [3.63, 3.8) is 0 Å². The number of hydrogen-bond acceptors (Lipinski definition) is 3. The molecule has 140 valence electrons. The van der Waals surface area contributed by atoms with Gasteiger partial charge < -0.3 is 10.5 Å². The minimum Gasteiger partial charge on any atom is -0.412 e. The lowest BCUT2D eigenvalue weighted by molar-refractivity contribution is 0.147. The fourth-order valence-electron chi connectivity index (χ4n) is 3.75. The van der Waals surface area contributed by atoms with Gasteiger partial charge in [-0.25, -0.2) is 8.78 Å². The van der Waals surface area contributed by atoms with Gasteiger partial charge in [-0.15, -0.1) is 9.94 Å². The Balaban J connectivity index is 1.55. The summed E-state index contributed by atoms with van der Waals surface area (Å²) in [6.45, 7) is 1.94. The quantitative estimate of drug-likeness (QED) is 0.680. The Labute approximate surface area is 156 Å². The minimum absolute atomic E-state index is 0.400. The van der Waals surface area contributed by atoms with E-state index in [9.17, 15) is 14.0 Å². The molecule has 4 rings (SSSR count). The first kappa shape index (κ1) is 17.7. The lowest BCUT2D eigenvalue weighted by Gasteiger charge is -2.22. The van der Waals surface area contributed by atoms with Crippen LogP contribution >= 0.6 is 0 Å². The Kier molecular flexibility index (Phi) is 4.90. The third-order valence-electron chi connectivity index (χ3n) is 5.11. The first-order valence-corrected chi connectivity index (χ1v) is 9.12. The molecule has 0 radical (unpaired) electrons. The van der Waals surface area contributed by atoms with Crippen molar-refractivity contribution in [2.75, 3.05) is 13.1 Å². The van der Waals surface area contributed by atoms with Crippen LogP contribution in [0.3, 0.4) is 0 Å². The van der Waals surface area contributed by atoms with Gasteiger partial charge in [0.25, 0.3) is 0 Å². The standard InChI is InChI=1S/C21H21F2N3O/c22-18-10-17(11-19(23)12-18)15-3-1-14(2-4-15)9-21-20(13-26(27)25-21)16-5-7-24-8-6-16/h1-4,10-13,16,24,27H,5-9H2. The molecule has 6 heteroatoms. The highest BCUT2D eigenvalue weighted by molar-refractivity contribution is 5.63. The van der Waals surface area contributed by atoms with Crippen molar-refractivity contribution in [1.29, 1.82) is 0 Å². The molecule has 0 amide bonds. The van der Waals surface area contributed by atoms with E-state index in [1.165, 1.54) is 12.1 Å². The van der Waals surface area contributed by atoms with Gasteiger partial charge in [-0.2, -0.15) is 0 Å². The van der Waals surface area contributed by atoms with E-state index < -0.39 is 11.6 Å². The summed E-state index contributed by atoms with van der Waals surface area (Å²) >= 11 is 0. The zero-order chi connectivity index (χ0) is 18.8. The zero-order valence-electron chi connectivity index (χ0n) is 14.8. The lowest BCUT2D eigenvalue weighted by atomic mass is 9.89. The molecule has 0 saturated carbocycles. The van der Waals surface area contributed by atoms with E-state index >= 15 is 0 Å². The molecule has 1 aromatic heterocycles. The predicted octanol–water partition coefficient (Wildman–Crippen LogP) is 4.12. The average Bonchev–Trinajstić information content (AvgIpc) is 3.02. The Morgan fingerprint density at radius 1 is 1.00 bits per heavy atom. The van der Waals surface area contributed by atoms with Crippen LogP contribution in [0.1, 0.15) is 35.6 Å². The number of nitrogens with zero attached hydrogens (tertiary/aromatic N) is 2. The maximum Gasteiger partial charge on any atom is 0.126 e. The van der Waals surface area contributed by atoms with Crippen LogP contribution in [0.15, 0.2) is 48.7 Å². The summed E-state index contributed by atoms with van der Waals surface area (Å²) < 4.78 is 26.9. The lowest BCUT2D eigenvalue weighted by Crippen LogP contribution is -2.26. The second-order valence-electron chi connectivity index (χ2n) is 7.01. The second kappa shape index (κ2) is 7.48. The number of nitrogens with one attached hydrogen (secondary N) is 1. The van der Waals surface area contributed by atoms with Gasteiger partial charge in [0.05, 0.1) is 11.9 Å².